The van der Waals surface area contributed by atoms with Crippen LogP contribution in [0.2, 0.25) is 0 Å². The molecule has 2 saturated carbocycles. The Morgan fingerprint density at radius 2 is 1.95 bits per heavy atom. The molecule has 42 heavy (non-hydrogen) atoms. The average molecular weight is 616 g/mol. The van der Waals surface area contributed by atoms with Crippen molar-refractivity contribution < 1.29 is 17.9 Å². The van der Waals surface area contributed by atoms with Gasteiger partial charge in [-0.3, -0.25) is 9.48 Å². The highest BCUT2D eigenvalue weighted by atomic mass is 32.2. The Bertz CT molecular complexity index is 1580. The number of nitrogens with one attached hydrogen (secondary N) is 1. The molecule has 3 aromatic heterocycles. The Morgan fingerprint density at radius 3 is 2.57 bits per heavy atom. The van der Waals surface area contributed by atoms with Crippen molar-refractivity contribution in [3.63, 3.8) is 0 Å². The second-order valence-electron chi connectivity index (χ2n) is 12.8. The van der Waals surface area contributed by atoms with Gasteiger partial charge in [0.25, 0.3) is 15.9 Å². The van der Waals surface area contributed by atoms with Crippen LogP contribution in [0.25, 0.3) is 5.82 Å². The number of anilines is 1. The number of pyridine rings is 1. The molecule has 0 spiro atoms. The molecule has 2 aliphatic carbocycles. The first-order valence-corrected chi connectivity index (χ1v) is 15.9. The van der Waals surface area contributed by atoms with Crippen molar-refractivity contribution in [3.05, 3.63) is 41.9 Å². The minimum Gasteiger partial charge on any atom is -0.476 e. The van der Waals surface area contributed by atoms with Crippen molar-refractivity contribution in [1.29, 1.82) is 0 Å². The van der Waals surface area contributed by atoms with E-state index in [1.54, 1.807) is 37.0 Å². The maximum atomic E-state index is 13.5. The third-order valence-electron chi connectivity index (χ3n) is 9.05. The molecular weight excluding hydrogens is 574 g/mol. The molecule has 13 heteroatoms. The van der Waals surface area contributed by atoms with Gasteiger partial charge in [0.05, 0.1) is 17.9 Å². The summed E-state index contributed by atoms with van der Waals surface area (Å²) in [6, 6.07) is 5.13. The second kappa shape index (κ2) is 11.2. The molecule has 3 unspecified atom stereocenters. The zero-order chi connectivity index (χ0) is 29.1. The largest absolute Gasteiger partial charge is 0.476 e. The predicted octanol–water partition coefficient (Wildman–Crippen LogP) is 3.98. The number of ether oxygens (including phenoxy) is 1. The fourth-order valence-electron chi connectivity index (χ4n) is 7.27. The van der Waals surface area contributed by atoms with Crippen molar-refractivity contribution in [1.82, 2.24) is 29.3 Å². The summed E-state index contributed by atoms with van der Waals surface area (Å²) in [5.74, 6) is 3.38. The van der Waals surface area contributed by atoms with Gasteiger partial charge in [0.1, 0.15) is 10.7 Å². The first-order chi connectivity index (χ1) is 19.4. The van der Waals surface area contributed by atoms with Gasteiger partial charge in [-0.1, -0.05) is 13.3 Å². The van der Waals surface area contributed by atoms with Crippen molar-refractivity contribution in [2.24, 2.45) is 30.7 Å². The van der Waals surface area contributed by atoms with E-state index < -0.39 is 15.9 Å². The Morgan fingerprint density at radius 1 is 1.17 bits per heavy atom. The van der Waals surface area contributed by atoms with E-state index >= 15 is 0 Å². The van der Waals surface area contributed by atoms with Gasteiger partial charge in [0.15, 0.2) is 5.82 Å². The SMILES string of the molecule is Cc1nn(C)cc1S(=O)(=O)NC(=O)c1ccc(-n2ccc(OCC3CC4CCC3C4)n2)nc1N1C[C@@H](C)CC1(C)C.S. The summed E-state index contributed by atoms with van der Waals surface area (Å²) < 4.78 is 37.6. The van der Waals surface area contributed by atoms with Gasteiger partial charge in [0.2, 0.25) is 5.88 Å². The highest BCUT2D eigenvalue weighted by Gasteiger charge is 2.41. The number of sulfonamides is 1. The van der Waals surface area contributed by atoms with E-state index in [9.17, 15) is 13.2 Å². The molecule has 1 saturated heterocycles. The Hall–Kier alpha value is -3.06. The van der Waals surface area contributed by atoms with Crippen molar-refractivity contribution >= 4 is 35.2 Å². The zero-order valence-corrected chi connectivity index (χ0v) is 26.7. The maximum absolute atomic E-state index is 13.5. The highest BCUT2D eigenvalue weighted by molar-refractivity contribution is 7.90. The molecule has 3 aliphatic rings. The molecule has 0 aromatic carbocycles. The number of hydrogen-bond acceptors (Lipinski definition) is 8. The summed E-state index contributed by atoms with van der Waals surface area (Å²) in [5.41, 5.74) is 0.215. The summed E-state index contributed by atoms with van der Waals surface area (Å²) in [6.45, 7) is 9.34. The minimum absolute atomic E-state index is 0. The van der Waals surface area contributed by atoms with E-state index in [4.69, 9.17) is 9.72 Å². The van der Waals surface area contributed by atoms with E-state index in [1.807, 2.05) is 6.07 Å². The van der Waals surface area contributed by atoms with Crippen LogP contribution < -0.4 is 14.4 Å². The molecule has 1 N–H and O–H groups in total. The molecule has 2 bridgehead atoms. The molecule has 6 rings (SSSR count). The molecule has 4 atom stereocenters. The zero-order valence-electron chi connectivity index (χ0n) is 24.9. The van der Waals surface area contributed by atoms with Crippen LogP contribution >= 0.6 is 13.5 Å². The standard InChI is InChI=1S/C29H39N7O4S.H2S/c1-18-14-29(3,4)35(15-18)27-23(28(37)33-41(38,39)24-16-34(5)31-19(24)2)8-9-25(30-27)36-11-10-26(32-36)40-17-22-13-20-6-7-21(22)12-20;/h8-11,16,18,20-22H,6-7,12-15,17H2,1-5H3,(H,33,37);1H2/t18-,20?,21?,22?;/m0./s1. The Labute approximate surface area is 254 Å². The third-order valence-corrected chi connectivity index (χ3v) is 10.5. The molecular formula is C29H41N7O4S2. The molecule has 228 valence electrons. The first-order valence-electron chi connectivity index (χ1n) is 14.4. The average Bonchev–Trinajstić information content (AvgIpc) is 3.72. The summed E-state index contributed by atoms with van der Waals surface area (Å²) in [4.78, 5) is 20.4. The normalized spacial score (nSPS) is 24.5. The van der Waals surface area contributed by atoms with Crippen LogP contribution in [-0.2, 0) is 17.1 Å². The number of rotatable bonds is 8. The van der Waals surface area contributed by atoms with Gasteiger partial charge in [-0.15, -0.1) is 5.10 Å². The number of hydrogen-bond donors (Lipinski definition) is 1. The maximum Gasteiger partial charge on any atom is 0.268 e. The minimum atomic E-state index is -4.14. The van der Waals surface area contributed by atoms with Gasteiger partial charge in [-0.05, 0) is 82.3 Å². The lowest BCUT2D eigenvalue weighted by molar-refractivity contribution is 0.0981. The summed E-state index contributed by atoms with van der Waals surface area (Å²) in [5, 5.41) is 8.72. The quantitative estimate of drug-likeness (QED) is 0.404. The van der Waals surface area contributed by atoms with Gasteiger partial charge >= 0.3 is 0 Å². The number of carbonyl (C=O) groups excluding carboxylic acids is 1. The molecule has 3 fully saturated rings. The van der Waals surface area contributed by atoms with Crippen LogP contribution in [0.3, 0.4) is 0 Å². The predicted molar refractivity (Wildman–Crippen MR) is 164 cm³/mol. The third kappa shape index (κ3) is 5.77. The van der Waals surface area contributed by atoms with Crippen molar-refractivity contribution in [2.45, 2.75) is 70.2 Å². The number of aryl methyl sites for hydroxylation is 2. The summed E-state index contributed by atoms with van der Waals surface area (Å²) >= 11 is 0. The Kier molecular flexibility index (Phi) is 8.12. The Balaban J connectivity index is 0.00000353. The van der Waals surface area contributed by atoms with Crippen molar-refractivity contribution in [2.75, 3.05) is 18.1 Å². The molecule has 0 radical (unpaired) electrons. The van der Waals surface area contributed by atoms with E-state index in [1.165, 1.54) is 36.6 Å². The lowest BCUT2D eigenvalue weighted by atomic mass is 9.90. The van der Waals surface area contributed by atoms with E-state index in [0.29, 0.717) is 48.2 Å². The van der Waals surface area contributed by atoms with E-state index in [2.05, 4.69) is 40.6 Å². The summed E-state index contributed by atoms with van der Waals surface area (Å²) in [7, 11) is -2.50. The molecule has 3 aromatic rings. The van der Waals surface area contributed by atoms with E-state index in [0.717, 1.165) is 18.3 Å². The van der Waals surface area contributed by atoms with Gasteiger partial charge in [0, 0.05) is 37.6 Å². The highest BCUT2D eigenvalue weighted by Crippen LogP contribution is 2.48. The summed E-state index contributed by atoms with van der Waals surface area (Å²) in [6.07, 6.45) is 9.36. The monoisotopic (exact) mass is 615 g/mol. The van der Waals surface area contributed by atoms with Crippen LogP contribution in [0, 0.1) is 30.6 Å². The van der Waals surface area contributed by atoms with Gasteiger partial charge < -0.3 is 9.64 Å². The van der Waals surface area contributed by atoms with Gasteiger partial charge in [-0.2, -0.15) is 18.6 Å². The second-order valence-corrected chi connectivity index (χ2v) is 14.5. The molecule has 4 heterocycles. The number of nitrogens with zero attached hydrogens (tertiary/aromatic N) is 6. The molecule has 1 amide bonds. The molecule has 11 nitrogen and oxygen atoms in total. The number of carbonyl (C=O) groups is 1. The number of amides is 1. The van der Waals surface area contributed by atoms with E-state index in [-0.39, 0.29) is 29.5 Å². The van der Waals surface area contributed by atoms with Crippen LogP contribution in [0.5, 0.6) is 5.88 Å². The van der Waals surface area contributed by atoms with Crippen LogP contribution in [-0.4, -0.2) is 57.6 Å². The number of fused-ring (bicyclic) bond motifs is 2. The topological polar surface area (TPSA) is 124 Å². The lowest BCUT2D eigenvalue weighted by Crippen LogP contribution is -2.41. The fourth-order valence-corrected chi connectivity index (χ4v) is 8.45. The smallest absolute Gasteiger partial charge is 0.268 e. The fraction of sp³-hybridized carbons (Fsp3) is 0.586. The lowest BCUT2D eigenvalue weighted by Gasteiger charge is -2.34. The number of aromatic nitrogens is 5. The van der Waals surface area contributed by atoms with Crippen molar-refractivity contribution in [3.8, 4) is 11.7 Å². The van der Waals surface area contributed by atoms with Crippen LogP contribution in [0.15, 0.2) is 35.5 Å². The first kappa shape index (κ1) is 30.4. The van der Waals surface area contributed by atoms with Crippen LogP contribution in [0.1, 0.15) is 68.9 Å². The molecule has 1 aliphatic heterocycles. The van der Waals surface area contributed by atoms with Gasteiger partial charge in [-0.25, -0.2) is 22.8 Å². The van der Waals surface area contributed by atoms with Crippen LogP contribution in [0.4, 0.5) is 5.82 Å².